The Morgan fingerprint density at radius 3 is 2.76 bits per heavy atom. The van der Waals surface area contributed by atoms with E-state index in [0.29, 0.717) is 6.54 Å². The average Bonchev–Trinajstić information content (AvgIpc) is 3.32. The molecule has 0 aliphatic carbocycles. The molecule has 0 radical (unpaired) electrons. The number of halogens is 1. The predicted octanol–water partition coefficient (Wildman–Crippen LogP) is 4.76. The van der Waals surface area contributed by atoms with Crippen molar-refractivity contribution in [2.45, 2.75) is 19.4 Å². The summed E-state index contributed by atoms with van der Waals surface area (Å²) in [6.07, 6.45) is 2.19. The van der Waals surface area contributed by atoms with E-state index >= 15 is 0 Å². The summed E-state index contributed by atoms with van der Waals surface area (Å²) < 4.78 is 9.82. The number of fused-ring (bicyclic) bond motifs is 1. The minimum atomic E-state index is 0.131. The van der Waals surface area contributed by atoms with Crippen molar-refractivity contribution in [2.75, 3.05) is 20.2 Å². The van der Waals surface area contributed by atoms with Gasteiger partial charge in [-0.3, -0.25) is 4.79 Å². The quantitative estimate of drug-likeness (QED) is 0.611. The molecule has 1 aromatic carbocycles. The van der Waals surface area contributed by atoms with Crippen molar-refractivity contribution in [2.24, 2.45) is 0 Å². The Kier molecular flexibility index (Phi) is 4.56. The van der Waals surface area contributed by atoms with Crippen molar-refractivity contribution in [1.82, 2.24) is 9.47 Å². The van der Waals surface area contributed by atoms with Crippen LogP contribution in [-0.2, 0) is 6.54 Å². The van der Waals surface area contributed by atoms with Gasteiger partial charge in [0, 0.05) is 18.7 Å². The number of carbonyl (C=O) groups is 1. The van der Waals surface area contributed by atoms with Crippen molar-refractivity contribution in [1.29, 1.82) is 0 Å². The first-order chi connectivity index (χ1) is 12.2. The van der Waals surface area contributed by atoms with Gasteiger partial charge < -0.3 is 14.2 Å². The normalized spacial score (nSPS) is 14.4. The molecule has 130 valence electrons. The number of para-hydroxylation sites is 1. The Hall–Kier alpha value is -1.79. The van der Waals surface area contributed by atoms with Gasteiger partial charge in [0.25, 0.3) is 5.91 Å². The zero-order valence-corrected chi connectivity index (χ0v) is 16.4. The highest BCUT2D eigenvalue weighted by Gasteiger charge is 2.25. The first-order valence-electron chi connectivity index (χ1n) is 8.37. The lowest BCUT2D eigenvalue weighted by molar-refractivity contribution is 0.0783. The van der Waals surface area contributed by atoms with Crippen LogP contribution >= 0.6 is 27.3 Å². The summed E-state index contributed by atoms with van der Waals surface area (Å²) >= 11 is 5.23. The van der Waals surface area contributed by atoms with Crippen LogP contribution in [0.1, 0.15) is 28.9 Å². The number of benzene rings is 1. The third-order valence-corrected chi connectivity index (χ3v) is 6.27. The maximum absolute atomic E-state index is 13.0. The zero-order chi connectivity index (χ0) is 17.4. The second-order valence-corrected chi connectivity index (χ2v) is 8.69. The Balaban J connectivity index is 1.79. The van der Waals surface area contributed by atoms with E-state index in [9.17, 15) is 4.79 Å². The summed E-state index contributed by atoms with van der Waals surface area (Å²) in [5, 5.41) is 0. The highest BCUT2D eigenvalue weighted by Crippen LogP contribution is 2.34. The number of carbonyl (C=O) groups excluding carboxylic acids is 1. The number of likely N-dealkylation sites (tertiary alicyclic amines) is 1. The molecule has 0 saturated carbocycles. The molecular formula is C19H19BrN2O2S. The van der Waals surface area contributed by atoms with Crippen LogP contribution in [0.4, 0.5) is 0 Å². The van der Waals surface area contributed by atoms with Gasteiger partial charge in [0.2, 0.25) is 0 Å². The van der Waals surface area contributed by atoms with Gasteiger partial charge in [0.15, 0.2) is 0 Å². The molecule has 0 bridgehead atoms. The summed E-state index contributed by atoms with van der Waals surface area (Å²) in [5.41, 5.74) is 2.92. The lowest BCUT2D eigenvalue weighted by Crippen LogP contribution is -2.29. The van der Waals surface area contributed by atoms with Crippen LogP contribution in [0.15, 0.2) is 40.2 Å². The highest BCUT2D eigenvalue weighted by molar-refractivity contribution is 9.11. The van der Waals surface area contributed by atoms with Gasteiger partial charge in [-0.25, -0.2) is 0 Å². The largest absolute Gasteiger partial charge is 0.496 e. The first kappa shape index (κ1) is 16.7. The molecule has 1 aliphatic heterocycles. The second-order valence-electron chi connectivity index (χ2n) is 6.23. The maximum atomic E-state index is 13.0. The summed E-state index contributed by atoms with van der Waals surface area (Å²) in [6, 6.07) is 12.1. The number of hydrogen-bond donors (Lipinski definition) is 0. The third-order valence-electron chi connectivity index (χ3n) is 4.69. The maximum Gasteiger partial charge on any atom is 0.270 e. The topological polar surface area (TPSA) is 34.5 Å². The molecule has 3 heterocycles. The number of amides is 1. The van der Waals surface area contributed by atoms with Crippen LogP contribution in [0.2, 0.25) is 0 Å². The number of hydrogen-bond acceptors (Lipinski definition) is 3. The van der Waals surface area contributed by atoms with E-state index in [1.165, 1.54) is 0 Å². The fourth-order valence-electron chi connectivity index (χ4n) is 3.45. The number of rotatable bonds is 4. The second kappa shape index (κ2) is 6.84. The van der Waals surface area contributed by atoms with Crippen molar-refractivity contribution in [3.05, 3.63) is 51.4 Å². The zero-order valence-electron chi connectivity index (χ0n) is 14.0. The SMILES string of the molecule is COc1ccccc1Cn1c(C(=O)N2CCCC2)cc2sc(Br)cc21. The molecule has 0 spiro atoms. The van der Waals surface area contributed by atoms with Crippen molar-refractivity contribution >= 4 is 43.4 Å². The minimum absolute atomic E-state index is 0.131. The molecule has 3 aromatic rings. The molecule has 1 saturated heterocycles. The number of ether oxygens (including phenoxy) is 1. The smallest absolute Gasteiger partial charge is 0.270 e. The Morgan fingerprint density at radius 1 is 1.24 bits per heavy atom. The third kappa shape index (κ3) is 3.09. The Bertz CT molecular complexity index is 925. The van der Waals surface area contributed by atoms with E-state index in [-0.39, 0.29) is 5.91 Å². The van der Waals surface area contributed by atoms with E-state index in [1.54, 1.807) is 18.4 Å². The summed E-state index contributed by atoms with van der Waals surface area (Å²) in [4.78, 5) is 15.0. The number of thiophene rings is 1. The number of aromatic nitrogens is 1. The molecule has 1 amide bonds. The molecule has 0 unspecified atom stereocenters. The molecule has 0 atom stereocenters. The van der Waals surface area contributed by atoms with Crippen molar-refractivity contribution in [3.8, 4) is 5.75 Å². The van der Waals surface area contributed by atoms with Crippen LogP contribution in [0.5, 0.6) is 5.75 Å². The van der Waals surface area contributed by atoms with Gasteiger partial charge in [0.1, 0.15) is 11.4 Å². The van der Waals surface area contributed by atoms with Crippen LogP contribution in [0, 0.1) is 0 Å². The highest BCUT2D eigenvalue weighted by atomic mass is 79.9. The van der Waals surface area contributed by atoms with E-state index in [0.717, 1.165) is 56.9 Å². The molecule has 4 rings (SSSR count). The Morgan fingerprint density at radius 2 is 2.00 bits per heavy atom. The lowest BCUT2D eigenvalue weighted by Gasteiger charge is -2.18. The number of methoxy groups -OCH3 is 1. The Labute approximate surface area is 159 Å². The van der Waals surface area contributed by atoms with Crippen LogP contribution in [0.25, 0.3) is 10.2 Å². The van der Waals surface area contributed by atoms with Gasteiger partial charge in [0.05, 0.1) is 27.7 Å². The summed E-state index contributed by atoms with van der Waals surface area (Å²) in [6.45, 7) is 2.33. The molecule has 4 nitrogen and oxygen atoms in total. The predicted molar refractivity (Wildman–Crippen MR) is 105 cm³/mol. The fourth-order valence-corrected chi connectivity index (χ4v) is 5.01. The van der Waals surface area contributed by atoms with Crippen LogP contribution < -0.4 is 4.74 Å². The molecule has 1 aliphatic rings. The molecule has 0 N–H and O–H groups in total. The standard InChI is InChI=1S/C19H19BrN2O2S/c1-24-16-7-3-2-6-13(16)12-22-14-11-18(20)25-17(14)10-15(22)19(23)21-8-4-5-9-21/h2-3,6-7,10-11H,4-5,8-9,12H2,1H3. The van der Waals surface area contributed by atoms with Crippen molar-refractivity contribution in [3.63, 3.8) is 0 Å². The molecule has 25 heavy (non-hydrogen) atoms. The van der Waals surface area contributed by atoms with Gasteiger partial charge in [-0.2, -0.15) is 0 Å². The molecule has 2 aromatic heterocycles. The van der Waals surface area contributed by atoms with Gasteiger partial charge in [-0.15, -0.1) is 11.3 Å². The van der Waals surface area contributed by atoms with Gasteiger partial charge in [-0.05, 0) is 47.0 Å². The van der Waals surface area contributed by atoms with Gasteiger partial charge >= 0.3 is 0 Å². The van der Waals surface area contributed by atoms with Crippen LogP contribution in [0.3, 0.4) is 0 Å². The average molecular weight is 419 g/mol. The van der Waals surface area contributed by atoms with Crippen molar-refractivity contribution < 1.29 is 9.53 Å². The monoisotopic (exact) mass is 418 g/mol. The summed E-state index contributed by atoms with van der Waals surface area (Å²) in [7, 11) is 1.68. The summed E-state index contributed by atoms with van der Waals surface area (Å²) in [5.74, 6) is 0.977. The van der Waals surface area contributed by atoms with Gasteiger partial charge in [-0.1, -0.05) is 18.2 Å². The lowest BCUT2D eigenvalue weighted by atomic mass is 10.2. The van der Waals surface area contributed by atoms with E-state index in [2.05, 4.69) is 32.6 Å². The number of nitrogens with zero attached hydrogens (tertiary/aromatic N) is 2. The fraction of sp³-hybridized carbons (Fsp3) is 0.316. The molecule has 1 fully saturated rings. The minimum Gasteiger partial charge on any atom is -0.496 e. The van der Waals surface area contributed by atoms with E-state index < -0.39 is 0 Å². The first-order valence-corrected chi connectivity index (χ1v) is 9.98. The molecular weight excluding hydrogens is 400 g/mol. The van der Waals surface area contributed by atoms with E-state index in [4.69, 9.17) is 4.74 Å². The molecule has 6 heteroatoms. The van der Waals surface area contributed by atoms with E-state index in [1.807, 2.05) is 29.2 Å². The van der Waals surface area contributed by atoms with Crippen LogP contribution in [-0.4, -0.2) is 35.6 Å².